The Bertz CT molecular complexity index is 3990. The van der Waals surface area contributed by atoms with Crippen LogP contribution in [-0.2, 0) is 0 Å². The third-order valence-electron chi connectivity index (χ3n) is 14.4. The van der Waals surface area contributed by atoms with Crippen molar-refractivity contribution in [3.63, 3.8) is 0 Å². The SMILES string of the molecule is [2H]c1c([2H])c2c3cc4ccc(N(c5ccc(C(C)C)cc5)c5cccc(-c6ccccc6)c5)cc4cc3oc2c2oc3cc4cc(N(c5ccc(C(C)C)cc5)c5cccc(-c6ccccc6)c5)ccc4cc3c12. The molecule has 13 aromatic rings. The van der Waals surface area contributed by atoms with Gasteiger partial charge in [0, 0.05) is 55.7 Å². The normalized spacial score (nSPS) is 12.2. The molecular weight excluding hydrogens is 877 g/mol. The van der Waals surface area contributed by atoms with Crippen molar-refractivity contribution in [2.75, 3.05) is 9.80 Å². The van der Waals surface area contributed by atoms with Gasteiger partial charge in [-0.2, -0.15) is 0 Å². The summed E-state index contributed by atoms with van der Waals surface area (Å²) in [6.07, 6.45) is 0. The second-order valence-corrected chi connectivity index (χ2v) is 19.6. The van der Waals surface area contributed by atoms with Gasteiger partial charge in [-0.1, -0.05) is 149 Å². The summed E-state index contributed by atoms with van der Waals surface area (Å²) in [7, 11) is 0. The Balaban J connectivity index is 0.926. The summed E-state index contributed by atoms with van der Waals surface area (Å²) in [6, 6.07) is 77.7. The summed E-state index contributed by atoms with van der Waals surface area (Å²) in [4.78, 5) is 4.62. The van der Waals surface area contributed by atoms with Gasteiger partial charge < -0.3 is 18.6 Å². The van der Waals surface area contributed by atoms with Crippen molar-refractivity contribution in [2.45, 2.75) is 39.5 Å². The highest BCUT2D eigenvalue weighted by Crippen LogP contribution is 2.45. The first-order valence-electron chi connectivity index (χ1n) is 25.9. The quantitative estimate of drug-likeness (QED) is 0.137. The average Bonchev–Trinajstić information content (AvgIpc) is 4.03. The van der Waals surface area contributed by atoms with E-state index >= 15 is 0 Å². The largest absolute Gasteiger partial charge is 0.452 e. The van der Waals surface area contributed by atoms with Gasteiger partial charge >= 0.3 is 0 Å². The van der Waals surface area contributed by atoms with E-state index < -0.39 is 0 Å². The molecule has 0 N–H and O–H groups in total. The number of benzene rings is 11. The van der Waals surface area contributed by atoms with Gasteiger partial charge in [-0.25, -0.2) is 0 Å². The molecule has 4 nitrogen and oxygen atoms in total. The molecule has 0 aliphatic heterocycles. The molecular formula is C68H52N2O2. The van der Waals surface area contributed by atoms with Crippen molar-refractivity contribution in [2.24, 2.45) is 0 Å². The van der Waals surface area contributed by atoms with Crippen LogP contribution in [0, 0.1) is 0 Å². The summed E-state index contributed by atoms with van der Waals surface area (Å²) >= 11 is 0. The number of fused-ring (bicyclic) bond motifs is 9. The molecule has 2 heterocycles. The fourth-order valence-electron chi connectivity index (χ4n) is 10.4. The Morgan fingerprint density at radius 1 is 0.319 bits per heavy atom. The topological polar surface area (TPSA) is 32.8 Å². The molecule has 346 valence electrons. The van der Waals surface area contributed by atoms with E-state index in [9.17, 15) is 2.74 Å². The van der Waals surface area contributed by atoms with Crippen LogP contribution in [0.4, 0.5) is 34.1 Å². The van der Waals surface area contributed by atoms with Gasteiger partial charge in [-0.3, -0.25) is 0 Å². The first-order valence-corrected chi connectivity index (χ1v) is 24.9. The lowest BCUT2D eigenvalue weighted by molar-refractivity contribution is 0.634. The zero-order chi connectivity index (χ0) is 50.2. The van der Waals surface area contributed by atoms with E-state index in [4.69, 9.17) is 8.83 Å². The summed E-state index contributed by atoms with van der Waals surface area (Å²) in [5.74, 6) is 0.834. The molecule has 0 saturated carbocycles. The van der Waals surface area contributed by atoms with Gasteiger partial charge in [0.25, 0.3) is 0 Å². The Labute approximate surface area is 422 Å². The molecule has 0 amide bonds. The highest BCUT2D eigenvalue weighted by molar-refractivity contribution is 6.21. The van der Waals surface area contributed by atoms with E-state index in [2.05, 4.69) is 244 Å². The Morgan fingerprint density at radius 3 is 1.10 bits per heavy atom. The summed E-state index contributed by atoms with van der Waals surface area (Å²) < 4.78 is 32.6. The third-order valence-corrected chi connectivity index (χ3v) is 14.4. The second kappa shape index (κ2) is 17.5. The van der Waals surface area contributed by atoms with Crippen LogP contribution in [0.5, 0.6) is 0 Å². The number of nitrogens with zero attached hydrogens (tertiary/aromatic N) is 2. The smallest absolute Gasteiger partial charge is 0.178 e. The lowest BCUT2D eigenvalue weighted by atomic mass is 10.0. The summed E-state index contributed by atoms with van der Waals surface area (Å²) in [5.41, 5.74) is 15.6. The molecule has 72 heavy (non-hydrogen) atoms. The van der Waals surface area contributed by atoms with E-state index in [0.29, 0.717) is 44.9 Å². The van der Waals surface area contributed by atoms with Gasteiger partial charge in [-0.05, 0) is 176 Å². The van der Waals surface area contributed by atoms with E-state index in [1.54, 1.807) is 0 Å². The first kappa shape index (κ1) is 41.0. The zero-order valence-electron chi connectivity index (χ0n) is 42.7. The predicted molar refractivity (Wildman–Crippen MR) is 304 cm³/mol. The van der Waals surface area contributed by atoms with Crippen LogP contribution in [-0.4, -0.2) is 0 Å². The van der Waals surface area contributed by atoms with E-state index in [-0.39, 0.29) is 12.1 Å². The molecule has 0 unspecified atom stereocenters. The van der Waals surface area contributed by atoms with Crippen LogP contribution < -0.4 is 9.80 Å². The molecule has 0 saturated heterocycles. The monoisotopic (exact) mass is 930 g/mol. The maximum atomic E-state index is 9.50. The van der Waals surface area contributed by atoms with Crippen LogP contribution in [0.15, 0.2) is 239 Å². The number of anilines is 6. The van der Waals surface area contributed by atoms with E-state index in [0.717, 1.165) is 88.7 Å². The molecule has 0 radical (unpaired) electrons. The lowest BCUT2D eigenvalue weighted by Gasteiger charge is -2.27. The molecule has 13 rings (SSSR count). The summed E-state index contributed by atoms with van der Waals surface area (Å²) in [5, 5.41) is 6.73. The van der Waals surface area contributed by atoms with Crippen LogP contribution in [0.1, 0.15) is 53.4 Å². The maximum Gasteiger partial charge on any atom is 0.178 e. The molecule has 0 bridgehead atoms. The minimum Gasteiger partial charge on any atom is -0.452 e. The number of rotatable bonds is 10. The van der Waals surface area contributed by atoms with Gasteiger partial charge in [0.2, 0.25) is 0 Å². The van der Waals surface area contributed by atoms with Crippen molar-refractivity contribution >= 4 is 99.5 Å². The Kier molecular flexibility index (Phi) is 9.97. The highest BCUT2D eigenvalue weighted by atomic mass is 16.4. The van der Waals surface area contributed by atoms with Crippen LogP contribution in [0.25, 0.3) is 87.7 Å². The maximum absolute atomic E-state index is 9.50. The van der Waals surface area contributed by atoms with Crippen molar-refractivity contribution in [3.8, 4) is 22.3 Å². The molecule has 4 heteroatoms. The first-order chi connectivity index (χ1) is 36.1. The highest BCUT2D eigenvalue weighted by Gasteiger charge is 2.21. The van der Waals surface area contributed by atoms with E-state index in [1.807, 2.05) is 12.1 Å². The van der Waals surface area contributed by atoms with Gasteiger partial charge in [0.05, 0.1) is 2.74 Å². The van der Waals surface area contributed by atoms with Gasteiger partial charge in [0.1, 0.15) is 11.2 Å². The minimum atomic E-state index is 0.117. The number of hydrogen-bond acceptors (Lipinski definition) is 4. The molecule has 2 aromatic heterocycles. The molecule has 0 atom stereocenters. The Hall–Kier alpha value is -8.86. The predicted octanol–water partition coefficient (Wildman–Crippen LogP) is 20.3. The van der Waals surface area contributed by atoms with Crippen molar-refractivity contribution < 1.29 is 11.6 Å². The molecule has 11 aromatic carbocycles. The lowest BCUT2D eigenvalue weighted by Crippen LogP contribution is -2.10. The Morgan fingerprint density at radius 2 is 0.694 bits per heavy atom. The fraction of sp³-hybridized carbons (Fsp3) is 0.0882. The van der Waals surface area contributed by atoms with Crippen LogP contribution in [0.3, 0.4) is 0 Å². The molecule has 0 spiro atoms. The van der Waals surface area contributed by atoms with Crippen LogP contribution >= 0.6 is 0 Å². The molecule has 0 aliphatic rings. The second-order valence-electron chi connectivity index (χ2n) is 19.6. The zero-order valence-corrected chi connectivity index (χ0v) is 40.7. The van der Waals surface area contributed by atoms with Gasteiger partial charge in [-0.15, -0.1) is 0 Å². The summed E-state index contributed by atoms with van der Waals surface area (Å²) in [6.45, 7) is 8.88. The van der Waals surface area contributed by atoms with Crippen molar-refractivity contribution in [1.82, 2.24) is 0 Å². The van der Waals surface area contributed by atoms with Crippen molar-refractivity contribution in [3.05, 3.63) is 242 Å². The van der Waals surface area contributed by atoms with E-state index in [1.165, 1.54) is 11.1 Å². The fourth-order valence-corrected chi connectivity index (χ4v) is 10.4. The number of hydrogen-bond donors (Lipinski definition) is 0. The van der Waals surface area contributed by atoms with Gasteiger partial charge in [0.15, 0.2) is 11.2 Å². The van der Waals surface area contributed by atoms with Crippen molar-refractivity contribution in [1.29, 1.82) is 0 Å². The van der Waals surface area contributed by atoms with Crippen LogP contribution in [0.2, 0.25) is 0 Å². The third kappa shape index (κ3) is 7.64. The number of furan rings is 2. The minimum absolute atomic E-state index is 0.117. The molecule has 0 aliphatic carbocycles. The standard InChI is InChI=1S/C68H52N2O2/c1-43(2)45-21-27-55(28-22-45)69(57-19-11-17-49(35-57)47-13-7-5-8-14-47)59-31-25-51-39-63-61-33-34-62-64-40-52-26-32-60(38-54(52)42-66(64)72-68(62)67(61)71-65(63)41-53(51)37-59)70(56-29-23-46(24-30-56)44(3)4)58-20-12-18-50(36-58)48-15-9-6-10-16-48/h5-44H,1-4H3/i33D,34D. The molecule has 0 fully saturated rings. The average molecular weight is 931 g/mol.